The largest absolute Gasteiger partial charge is 0.312 e. The van der Waals surface area contributed by atoms with Crippen LogP contribution in [-0.2, 0) is 0 Å². The molecule has 19 heavy (non-hydrogen) atoms. The van der Waals surface area contributed by atoms with E-state index < -0.39 is 0 Å². The van der Waals surface area contributed by atoms with E-state index in [0.29, 0.717) is 12.0 Å². The van der Waals surface area contributed by atoms with Gasteiger partial charge in [0, 0.05) is 28.8 Å². The molecular weight excluding hydrogens is 300 g/mol. The molecule has 3 heteroatoms. The van der Waals surface area contributed by atoms with Crippen molar-refractivity contribution in [2.24, 2.45) is 0 Å². The fourth-order valence-electron chi connectivity index (χ4n) is 2.37. The van der Waals surface area contributed by atoms with Crippen LogP contribution < -0.4 is 5.32 Å². The van der Waals surface area contributed by atoms with Gasteiger partial charge in [0.15, 0.2) is 0 Å². The average molecular weight is 319 g/mol. The maximum Gasteiger partial charge on any atom is 0.0384 e. The highest BCUT2D eigenvalue weighted by molar-refractivity contribution is 9.10. The molecule has 2 unspecified atom stereocenters. The molecule has 0 saturated carbocycles. The Morgan fingerprint density at radius 1 is 1.11 bits per heavy atom. The Morgan fingerprint density at radius 3 is 2.37 bits per heavy atom. The molecule has 0 spiro atoms. The summed E-state index contributed by atoms with van der Waals surface area (Å²) in [6.07, 6.45) is 3.70. The first-order valence-electron chi connectivity index (χ1n) is 6.46. The fourth-order valence-corrected chi connectivity index (χ4v) is 2.76. The van der Waals surface area contributed by atoms with Crippen LogP contribution in [0, 0.1) is 6.92 Å². The molecule has 0 radical (unpaired) electrons. The van der Waals surface area contributed by atoms with Gasteiger partial charge < -0.3 is 5.32 Å². The summed E-state index contributed by atoms with van der Waals surface area (Å²) in [4.78, 5) is 4.08. The van der Waals surface area contributed by atoms with Crippen molar-refractivity contribution in [1.29, 1.82) is 0 Å². The Balaban J connectivity index is 2.31. The smallest absolute Gasteiger partial charge is 0.0384 e. The molecule has 0 fully saturated rings. The lowest BCUT2D eigenvalue weighted by Gasteiger charge is -2.25. The third-order valence-corrected chi connectivity index (χ3v) is 4.45. The summed E-state index contributed by atoms with van der Waals surface area (Å²) in [7, 11) is 2.01. The van der Waals surface area contributed by atoms with Crippen LogP contribution in [-0.4, -0.2) is 12.0 Å². The first kappa shape index (κ1) is 14.2. The number of rotatable bonds is 4. The lowest BCUT2D eigenvalue weighted by molar-refractivity contribution is 0.507. The lowest BCUT2D eigenvalue weighted by atomic mass is 9.89. The van der Waals surface area contributed by atoms with Crippen molar-refractivity contribution in [3.05, 3.63) is 63.9 Å². The molecule has 0 aliphatic rings. The summed E-state index contributed by atoms with van der Waals surface area (Å²) in [5.74, 6) is 0.391. The lowest BCUT2D eigenvalue weighted by Crippen LogP contribution is -2.22. The van der Waals surface area contributed by atoms with Crippen LogP contribution in [0.15, 0.2) is 47.2 Å². The number of hydrogen-bond acceptors (Lipinski definition) is 2. The van der Waals surface area contributed by atoms with E-state index in [1.54, 1.807) is 0 Å². The molecule has 1 heterocycles. The van der Waals surface area contributed by atoms with Gasteiger partial charge >= 0.3 is 0 Å². The first-order chi connectivity index (χ1) is 9.13. The minimum atomic E-state index is 0.291. The highest BCUT2D eigenvalue weighted by Gasteiger charge is 2.19. The Kier molecular flexibility index (Phi) is 4.72. The molecule has 2 atom stereocenters. The summed E-state index contributed by atoms with van der Waals surface area (Å²) in [5.41, 5.74) is 3.85. The van der Waals surface area contributed by atoms with Crippen LogP contribution >= 0.6 is 15.9 Å². The van der Waals surface area contributed by atoms with E-state index in [-0.39, 0.29) is 0 Å². The van der Waals surface area contributed by atoms with Gasteiger partial charge in [0.05, 0.1) is 0 Å². The third-order valence-electron chi connectivity index (χ3n) is 3.60. The Bertz CT molecular complexity index is 540. The van der Waals surface area contributed by atoms with E-state index in [1.807, 2.05) is 19.4 Å². The minimum absolute atomic E-state index is 0.291. The second-order valence-corrected chi connectivity index (χ2v) is 5.70. The summed E-state index contributed by atoms with van der Waals surface area (Å²) >= 11 is 3.61. The maximum atomic E-state index is 4.08. The number of hydrogen-bond donors (Lipinski definition) is 1. The normalized spacial score (nSPS) is 14.1. The Hall–Kier alpha value is -1.19. The van der Waals surface area contributed by atoms with Gasteiger partial charge in [0.2, 0.25) is 0 Å². The van der Waals surface area contributed by atoms with Gasteiger partial charge in [-0.1, -0.05) is 35.0 Å². The van der Waals surface area contributed by atoms with Gasteiger partial charge in [0.25, 0.3) is 0 Å². The molecule has 2 nitrogen and oxygen atoms in total. The van der Waals surface area contributed by atoms with Gasteiger partial charge in [-0.25, -0.2) is 0 Å². The van der Waals surface area contributed by atoms with Crippen molar-refractivity contribution < 1.29 is 0 Å². The number of aromatic nitrogens is 1. The van der Waals surface area contributed by atoms with Crippen LogP contribution in [0.25, 0.3) is 0 Å². The predicted octanol–water partition coefficient (Wildman–Crippen LogP) is 4.22. The van der Waals surface area contributed by atoms with Crippen LogP contribution in [0.3, 0.4) is 0 Å². The standard InChI is InChI=1S/C16H19BrN2/c1-11-4-5-14(10-15(11)17)16(18-3)12(2)13-6-8-19-9-7-13/h4-10,12,16,18H,1-3H3. The number of pyridine rings is 1. The monoisotopic (exact) mass is 318 g/mol. The average Bonchev–Trinajstić information content (AvgIpc) is 2.44. The zero-order valence-corrected chi connectivity index (χ0v) is 13.1. The molecule has 100 valence electrons. The molecule has 0 amide bonds. The summed E-state index contributed by atoms with van der Waals surface area (Å²) < 4.78 is 1.16. The van der Waals surface area contributed by atoms with Crippen LogP contribution in [0.4, 0.5) is 0 Å². The first-order valence-corrected chi connectivity index (χ1v) is 7.26. The van der Waals surface area contributed by atoms with E-state index in [1.165, 1.54) is 16.7 Å². The van der Waals surface area contributed by atoms with Crippen molar-refractivity contribution in [3.63, 3.8) is 0 Å². The summed E-state index contributed by atoms with van der Waals surface area (Å²) in [6, 6.07) is 11.0. The Morgan fingerprint density at radius 2 is 1.79 bits per heavy atom. The molecule has 1 aromatic carbocycles. The van der Waals surface area contributed by atoms with E-state index >= 15 is 0 Å². The molecule has 0 aliphatic carbocycles. The highest BCUT2D eigenvalue weighted by Crippen LogP contribution is 2.32. The van der Waals surface area contributed by atoms with Gasteiger partial charge in [0.1, 0.15) is 0 Å². The van der Waals surface area contributed by atoms with Crippen LogP contribution in [0.5, 0.6) is 0 Å². The Labute approximate surface area is 123 Å². The third kappa shape index (κ3) is 3.23. The van der Waals surface area contributed by atoms with Crippen molar-refractivity contribution in [2.45, 2.75) is 25.8 Å². The van der Waals surface area contributed by atoms with Crippen molar-refractivity contribution in [1.82, 2.24) is 10.3 Å². The van der Waals surface area contributed by atoms with Crippen molar-refractivity contribution >= 4 is 15.9 Å². The molecule has 1 N–H and O–H groups in total. The molecule has 2 rings (SSSR count). The number of nitrogens with zero attached hydrogens (tertiary/aromatic N) is 1. The molecular formula is C16H19BrN2. The van der Waals surface area contributed by atoms with Crippen molar-refractivity contribution in [3.8, 4) is 0 Å². The molecule has 0 bridgehead atoms. The van der Waals surface area contributed by atoms with Crippen molar-refractivity contribution in [2.75, 3.05) is 7.05 Å². The van der Waals surface area contributed by atoms with E-state index in [4.69, 9.17) is 0 Å². The summed E-state index contributed by atoms with van der Waals surface area (Å²) in [6.45, 7) is 4.35. The number of halogens is 1. The predicted molar refractivity (Wildman–Crippen MR) is 83.3 cm³/mol. The highest BCUT2D eigenvalue weighted by atomic mass is 79.9. The summed E-state index contributed by atoms with van der Waals surface area (Å²) in [5, 5.41) is 3.42. The van der Waals surface area contributed by atoms with E-state index in [2.05, 4.69) is 70.4 Å². The van der Waals surface area contributed by atoms with E-state index in [0.717, 1.165) is 4.47 Å². The molecule has 0 aliphatic heterocycles. The molecule has 1 aromatic heterocycles. The number of benzene rings is 1. The molecule has 2 aromatic rings. The van der Waals surface area contributed by atoms with Crippen LogP contribution in [0.2, 0.25) is 0 Å². The second-order valence-electron chi connectivity index (χ2n) is 4.84. The topological polar surface area (TPSA) is 24.9 Å². The van der Waals surface area contributed by atoms with E-state index in [9.17, 15) is 0 Å². The fraction of sp³-hybridized carbons (Fsp3) is 0.312. The number of likely N-dealkylation sites (N-methyl/N-ethyl adjacent to an activating group) is 1. The van der Waals surface area contributed by atoms with Gasteiger partial charge in [-0.05, 0) is 48.9 Å². The van der Waals surface area contributed by atoms with Gasteiger partial charge in [-0.3, -0.25) is 4.98 Å². The maximum absolute atomic E-state index is 4.08. The van der Waals surface area contributed by atoms with Gasteiger partial charge in [-0.2, -0.15) is 0 Å². The van der Waals surface area contributed by atoms with Gasteiger partial charge in [-0.15, -0.1) is 0 Å². The van der Waals surface area contributed by atoms with Crippen LogP contribution in [0.1, 0.15) is 35.6 Å². The zero-order valence-electron chi connectivity index (χ0n) is 11.5. The minimum Gasteiger partial charge on any atom is -0.312 e. The quantitative estimate of drug-likeness (QED) is 0.913. The second kappa shape index (κ2) is 6.31. The number of aryl methyl sites for hydroxylation is 1. The number of nitrogens with one attached hydrogen (secondary N) is 1. The zero-order chi connectivity index (χ0) is 13.8. The SMILES string of the molecule is CNC(c1ccc(C)c(Br)c1)C(C)c1ccncc1. The molecule has 0 saturated heterocycles.